The van der Waals surface area contributed by atoms with Crippen LogP contribution in [0.5, 0.6) is 0 Å². The number of rotatable bonds is 40. The molecule has 0 aromatic carbocycles. The van der Waals surface area contributed by atoms with E-state index in [1.807, 2.05) is 36.5 Å². The van der Waals surface area contributed by atoms with Gasteiger partial charge in [0.2, 0.25) is 0 Å². The van der Waals surface area contributed by atoms with Gasteiger partial charge in [-0.2, -0.15) is 0 Å². The Bertz CT molecular complexity index is 1510. The van der Waals surface area contributed by atoms with Gasteiger partial charge in [0.15, 0.2) is 6.10 Å². The molecule has 0 heterocycles. The number of phosphoric acid groups is 2. The second-order valence-corrected chi connectivity index (χ2v) is 17.4. The van der Waals surface area contributed by atoms with Crippen LogP contribution in [0.2, 0.25) is 0 Å². The summed E-state index contributed by atoms with van der Waals surface area (Å²) in [5, 5.41) is 29.9. The van der Waals surface area contributed by atoms with Crippen molar-refractivity contribution in [2.75, 3.05) is 26.4 Å². The summed E-state index contributed by atoms with van der Waals surface area (Å²) < 4.78 is 47.5. The number of carbonyl (C=O) groups excluding carboxylic acids is 2. The van der Waals surface area contributed by atoms with E-state index in [4.69, 9.17) is 23.8 Å². The zero-order chi connectivity index (χ0) is 46.9. The van der Waals surface area contributed by atoms with E-state index in [2.05, 4.69) is 59.4 Å². The molecule has 1 unspecified atom stereocenters. The Hall–Kier alpha value is -3.04. The summed E-state index contributed by atoms with van der Waals surface area (Å²) in [6, 6.07) is 0. The van der Waals surface area contributed by atoms with Gasteiger partial charge in [0, 0.05) is 12.8 Å². The first-order valence-electron chi connectivity index (χ1n) is 22.1. The monoisotopic (exact) mass is 930 g/mol. The van der Waals surface area contributed by atoms with Crippen LogP contribution in [0.3, 0.4) is 0 Å². The van der Waals surface area contributed by atoms with E-state index in [9.17, 15) is 38.9 Å². The van der Waals surface area contributed by atoms with Gasteiger partial charge >= 0.3 is 27.6 Å². The second kappa shape index (κ2) is 40.5. The Morgan fingerprint density at radius 1 is 0.524 bits per heavy atom. The maximum atomic E-state index is 12.7. The normalized spacial score (nSPS) is 15.9. The van der Waals surface area contributed by atoms with Crippen LogP contribution < -0.4 is 0 Å². The van der Waals surface area contributed by atoms with Gasteiger partial charge in [0.05, 0.1) is 32.0 Å². The summed E-state index contributed by atoms with van der Waals surface area (Å²) in [6.45, 7) is 1.29. The SMILES string of the molecule is CCCCC/C=C\C/C=C\C/C=C\C/C=C\CCCC(=O)O[C@H](COC(=O)CCC[C@@H](O)/C=C/C=C\C/C=C\C=C\[C@@H](O)CCCCC)COP(=O)(O)OC[C@@H](O)COP(=O)(O)O. The highest BCUT2D eigenvalue weighted by molar-refractivity contribution is 7.47. The van der Waals surface area contributed by atoms with Crippen LogP contribution in [0.15, 0.2) is 97.2 Å². The van der Waals surface area contributed by atoms with E-state index < -0.39 is 78.4 Å². The van der Waals surface area contributed by atoms with Crippen molar-refractivity contribution in [3.05, 3.63) is 97.2 Å². The molecule has 0 aliphatic rings. The number of phosphoric ester groups is 2. The lowest BCUT2D eigenvalue weighted by molar-refractivity contribution is -0.161. The molecule has 0 aromatic heterocycles. The van der Waals surface area contributed by atoms with E-state index in [1.165, 1.54) is 19.3 Å². The standard InChI is InChI=1S/C46H76O15P2/c1-3-5-7-8-9-10-11-12-13-14-15-16-17-18-22-25-29-35-46(51)61-44(40-60-63(55,56)59-38-43(49)37-58-62(52,53)54)39-57-45(50)36-30-34-42(48)33-28-24-21-19-20-23-27-32-41(47)31-26-6-4-2/h9-10,12-13,15-16,18,20-24,27-28,32-33,41-44,47-49H,3-8,11,14,17,19,25-26,29-31,34-40H2,1-2H3,(H,55,56)(H2,52,53,54)/b10-9-,13-12-,16-15-,22-18-,23-20-,24-21-,32-27+,33-28+/t41-,42-,43-,44+/m0/s1. The summed E-state index contributed by atoms with van der Waals surface area (Å²) in [7, 11) is -9.78. The third kappa shape index (κ3) is 44.0. The van der Waals surface area contributed by atoms with Crippen LogP contribution >= 0.6 is 15.6 Å². The van der Waals surface area contributed by atoms with Crippen molar-refractivity contribution < 1.29 is 71.8 Å². The lowest BCUT2D eigenvalue weighted by Crippen LogP contribution is -2.30. The van der Waals surface area contributed by atoms with Gasteiger partial charge in [-0.05, 0) is 70.6 Å². The fourth-order valence-electron chi connectivity index (χ4n) is 5.20. The van der Waals surface area contributed by atoms with E-state index in [0.717, 1.165) is 51.4 Å². The van der Waals surface area contributed by atoms with Gasteiger partial charge in [-0.3, -0.25) is 23.2 Å². The molecule has 0 saturated heterocycles. The van der Waals surface area contributed by atoms with Crippen molar-refractivity contribution in [2.45, 2.75) is 154 Å². The number of unbranched alkanes of at least 4 members (excludes halogenated alkanes) is 6. The molecule has 0 aliphatic carbocycles. The van der Waals surface area contributed by atoms with Crippen LogP contribution in [0.4, 0.5) is 0 Å². The van der Waals surface area contributed by atoms with Crippen molar-refractivity contribution in [1.29, 1.82) is 0 Å². The van der Waals surface area contributed by atoms with E-state index >= 15 is 0 Å². The highest BCUT2D eigenvalue weighted by atomic mass is 31.2. The lowest BCUT2D eigenvalue weighted by atomic mass is 10.1. The molecule has 0 bridgehead atoms. The molecule has 0 amide bonds. The van der Waals surface area contributed by atoms with Crippen LogP contribution in [0.1, 0.15) is 129 Å². The Morgan fingerprint density at radius 3 is 1.57 bits per heavy atom. The van der Waals surface area contributed by atoms with Crippen molar-refractivity contribution in [3.63, 3.8) is 0 Å². The number of aliphatic hydroxyl groups excluding tert-OH is 3. The predicted octanol–water partition coefficient (Wildman–Crippen LogP) is 9.28. The third-order valence-corrected chi connectivity index (χ3v) is 10.1. The predicted molar refractivity (Wildman–Crippen MR) is 246 cm³/mol. The first-order valence-corrected chi connectivity index (χ1v) is 25.2. The van der Waals surface area contributed by atoms with Gasteiger partial charge in [0.1, 0.15) is 12.7 Å². The number of esters is 2. The number of allylic oxidation sites excluding steroid dienone is 14. The second-order valence-electron chi connectivity index (χ2n) is 14.7. The summed E-state index contributed by atoms with van der Waals surface area (Å²) in [5.74, 6) is -1.34. The van der Waals surface area contributed by atoms with Crippen LogP contribution in [0, 0.1) is 0 Å². The molecular weight excluding hydrogens is 854 g/mol. The van der Waals surface area contributed by atoms with Gasteiger partial charge < -0.3 is 39.5 Å². The van der Waals surface area contributed by atoms with Gasteiger partial charge in [-0.25, -0.2) is 9.13 Å². The Labute approximate surface area is 375 Å². The largest absolute Gasteiger partial charge is 0.472 e. The first-order chi connectivity index (χ1) is 30.2. The smallest absolute Gasteiger partial charge is 0.462 e. The van der Waals surface area contributed by atoms with Crippen molar-refractivity contribution in [1.82, 2.24) is 0 Å². The molecule has 360 valence electrons. The molecule has 6 N–H and O–H groups in total. The molecule has 0 aromatic rings. The number of hydrogen-bond acceptors (Lipinski definition) is 12. The highest BCUT2D eigenvalue weighted by Gasteiger charge is 2.28. The first kappa shape index (κ1) is 60.0. The van der Waals surface area contributed by atoms with Crippen molar-refractivity contribution in [3.8, 4) is 0 Å². The minimum Gasteiger partial charge on any atom is -0.462 e. The fourth-order valence-corrected chi connectivity index (χ4v) is 6.36. The molecule has 0 aliphatic heterocycles. The maximum absolute atomic E-state index is 12.7. The average Bonchev–Trinajstić information content (AvgIpc) is 3.23. The molecular formula is C46H76O15P2. The molecule has 17 heteroatoms. The minimum absolute atomic E-state index is 0.000419. The number of aliphatic hydroxyl groups is 3. The average molecular weight is 931 g/mol. The summed E-state index contributed by atoms with van der Waals surface area (Å²) in [6.07, 6.45) is 40.5. The molecule has 0 spiro atoms. The molecule has 0 radical (unpaired) electrons. The van der Waals surface area contributed by atoms with Crippen molar-refractivity contribution >= 4 is 27.6 Å². The molecule has 0 fully saturated rings. The van der Waals surface area contributed by atoms with Crippen LogP contribution in [-0.2, 0) is 41.8 Å². The number of carbonyl (C=O) groups is 2. The topological polar surface area (TPSA) is 236 Å². The quantitative estimate of drug-likeness (QED) is 0.0110. The minimum atomic E-state index is -4.90. The lowest BCUT2D eigenvalue weighted by Gasteiger charge is -2.20. The van der Waals surface area contributed by atoms with E-state index in [-0.39, 0.29) is 25.7 Å². The maximum Gasteiger partial charge on any atom is 0.472 e. The Morgan fingerprint density at radius 2 is 1.00 bits per heavy atom. The molecule has 63 heavy (non-hydrogen) atoms. The molecule has 0 rings (SSSR count). The van der Waals surface area contributed by atoms with Crippen LogP contribution in [0.25, 0.3) is 0 Å². The number of ether oxygens (including phenoxy) is 2. The molecule has 15 nitrogen and oxygen atoms in total. The van der Waals surface area contributed by atoms with E-state index in [1.54, 1.807) is 24.3 Å². The summed E-state index contributed by atoms with van der Waals surface area (Å²) in [4.78, 5) is 52.7. The van der Waals surface area contributed by atoms with E-state index in [0.29, 0.717) is 19.3 Å². The van der Waals surface area contributed by atoms with Gasteiger partial charge in [-0.15, -0.1) is 0 Å². The highest BCUT2D eigenvalue weighted by Crippen LogP contribution is 2.43. The number of hydrogen-bond donors (Lipinski definition) is 6. The molecule has 5 atom stereocenters. The van der Waals surface area contributed by atoms with Gasteiger partial charge in [-0.1, -0.05) is 143 Å². The Kier molecular flexibility index (Phi) is 38.5. The Balaban J connectivity index is 4.85. The molecule has 0 saturated carbocycles. The zero-order valence-electron chi connectivity index (χ0n) is 37.4. The van der Waals surface area contributed by atoms with Crippen LogP contribution in [-0.4, -0.2) is 92.8 Å². The van der Waals surface area contributed by atoms with Crippen molar-refractivity contribution in [2.24, 2.45) is 0 Å². The third-order valence-electron chi connectivity index (χ3n) is 8.64. The zero-order valence-corrected chi connectivity index (χ0v) is 39.1. The summed E-state index contributed by atoms with van der Waals surface area (Å²) in [5.41, 5.74) is 0. The summed E-state index contributed by atoms with van der Waals surface area (Å²) >= 11 is 0. The fraction of sp³-hybridized carbons (Fsp3) is 0.609. The van der Waals surface area contributed by atoms with Gasteiger partial charge in [0.25, 0.3) is 0 Å².